The van der Waals surface area contributed by atoms with Gasteiger partial charge in [0, 0.05) is 36.3 Å². The van der Waals surface area contributed by atoms with E-state index >= 15 is 0 Å². The van der Waals surface area contributed by atoms with E-state index in [2.05, 4.69) is 34.2 Å². The van der Waals surface area contributed by atoms with Crippen LogP contribution in [-0.4, -0.2) is 54.3 Å². The number of rotatable bonds is 6. The Morgan fingerprint density at radius 2 is 1.56 bits per heavy atom. The van der Waals surface area contributed by atoms with Crippen molar-refractivity contribution in [2.45, 2.75) is 38.3 Å². The van der Waals surface area contributed by atoms with Crippen LogP contribution in [0.5, 0.6) is 0 Å². The number of nitrogens with zero attached hydrogens (tertiary/aromatic N) is 1. The molecule has 2 amide bonds. The van der Waals surface area contributed by atoms with E-state index < -0.39 is 11.9 Å². The molecule has 1 heterocycles. The maximum atomic E-state index is 12.7. The lowest BCUT2D eigenvalue weighted by Gasteiger charge is -2.26. The lowest BCUT2D eigenvalue weighted by Crippen LogP contribution is -2.49. The summed E-state index contributed by atoms with van der Waals surface area (Å²) in [4.78, 5) is 27.1. The molecular weight excluding hydrogens is 430 g/mol. The molecular formula is C27H31N3O4. The first-order valence-electron chi connectivity index (χ1n) is 11.9. The Morgan fingerprint density at radius 1 is 0.971 bits per heavy atom. The Labute approximate surface area is 200 Å². The first-order chi connectivity index (χ1) is 16.6. The summed E-state index contributed by atoms with van der Waals surface area (Å²) in [5.74, 6) is 5.44. The maximum absolute atomic E-state index is 12.7. The van der Waals surface area contributed by atoms with Gasteiger partial charge in [0.1, 0.15) is 6.04 Å². The largest absolute Gasteiger partial charge is 0.379 e. The zero-order valence-electron chi connectivity index (χ0n) is 19.3. The number of carbonyl (C=O) groups is 2. The monoisotopic (exact) mass is 461 g/mol. The number of nitrogens with one attached hydrogen (secondary N) is 2. The van der Waals surface area contributed by atoms with E-state index in [9.17, 15) is 9.59 Å². The number of benzene rings is 2. The van der Waals surface area contributed by atoms with Crippen molar-refractivity contribution in [2.24, 2.45) is 5.92 Å². The fraction of sp³-hybridized carbons (Fsp3) is 0.407. The van der Waals surface area contributed by atoms with Gasteiger partial charge in [-0.1, -0.05) is 36.8 Å². The van der Waals surface area contributed by atoms with Crippen molar-refractivity contribution in [2.75, 3.05) is 26.3 Å². The molecule has 1 aliphatic heterocycles. The van der Waals surface area contributed by atoms with E-state index in [4.69, 9.17) is 9.94 Å². The molecule has 2 aromatic carbocycles. The predicted octanol–water partition coefficient (Wildman–Crippen LogP) is 2.71. The van der Waals surface area contributed by atoms with Gasteiger partial charge in [-0.05, 0) is 60.7 Å². The second-order valence-electron chi connectivity index (χ2n) is 8.88. The second kappa shape index (κ2) is 11.8. The number of amides is 2. The molecule has 7 nitrogen and oxygen atoms in total. The minimum absolute atomic E-state index is 0.0431. The van der Waals surface area contributed by atoms with Crippen LogP contribution < -0.4 is 10.8 Å². The van der Waals surface area contributed by atoms with Crippen LogP contribution in [0.3, 0.4) is 0 Å². The Balaban J connectivity index is 1.34. The first kappa shape index (κ1) is 24.0. The number of hydroxylamine groups is 1. The van der Waals surface area contributed by atoms with Crippen molar-refractivity contribution in [3.05, 3.63) is 70.8 Å². The van der Waals surface area contributed by atoms with Crippen molar-refractivity contribution < 1.29 is 19.5 Å². The molecule has 0 aromatic heterocycles. The zero-order chi connectivity index (χ0) is 23.8. The van der Waals surface area contributed by atoms with Crippen molar-refractivity contribution in [1.82, 2.24) is 15.7 Å². The summed E-state index contributed by atoms with van der Waals surface area (Å²) in [5, 5.41) is 11.8. The highest BCUT2D eigenvalue weighted by Gasteiger charge is 2.32. The number of carbonyl (C=O) groups excluding carboxylic acids is 2. The van der Waals surface area contributed by atoms with Crippen LogP contribution in [0.25, 0.3) is 0 Å². The quantitative estimate of drug-likeness (QED) is 0.350. The third-order valence-electron chi connectivity index (χ3n) is 6.51. The summed E-state index contributed by atoms with van der Waals surface area (Å²) in [6.07, 6.45) is 3.78. The van der Waals surface area contributed by atoms with Gasteiger partial charge in [0.15, 0.2) is 0 Å². The average Bonchev–Trinajstić information content (AvgIpc) is 3.42. The normalized spacial score (nSPS) is 17.4. The van der Waals surface area contributed by atoms with Crippen LogP contribution in [0.4, 0.5) is 0 Å². The second-order valence-corrected chi connectivity index (χ2v) is 8.88. The van der Waals surface area contributed by atoms with E-state index in [0.29, 0.717) is 5.56 Å². The van der Waals surface area contributed by atoms with E-state index in [0.717, 1.165) is 69.7 Å². The molecule has 2 fully saturated rings. The number of hydrogen-bond acceptors (Lipinski definition) is 5. The van der Waals surface area contributed by atoms with Crippen LogP contribution >= 0.6 is 0 Å². The van der Waals surface area contributed by atoms with Crippen molar-refractivity contribution in [1.29, 1.82) is 0 Å². The molecule has 2 aromatic rings. The van der Waals surface area contributed by atoms with Gasteiger partial charge in [-0.2, -0.15) is 0 Å². The molecule has 2 aliphatic rings. The van der Waals surface area contributed by atoms with Crippen LogP contribution in [0, 0.1) is 17.8 Å². The maximum Gasteiger partial charge on any atom is 0.266 e. The van der Waals surface area contributed by atoms with Crippen molar-refractivity contribution >= 4 is 11.8 Å². The third kappa shape index (κ3) is 6.45. The number of ether oxygens (including phenoxy) is 1. The minimum Gasteiger partial charge on any atom is -0.379 e. The van der Waals surface area contributed by atoms with Crippen LogP contribution in [0.1, 0.15) is 52.7 Å². The predicted molar refractivity (Wildman–Crippen MR) is 128 cm³/mol. The van der Waals surface area contributed by atoms with Crippen LogP contribution in [0.2, 0.25) is 0 Å². The number of hydrogen-bond donors (Lipinski definition) is 3. The van der Waals surface area contributed by atoms with E-state index in [1.807, 2.05) is 12.1 Å². The Kier molecular flexibility index (Phi) is 8.31. The smallest absolute Gasteiger partial charge is 0.266 e. The van der Waals surface area contributed by atoms with Crippen LogP contribution in [0.15, 0.2) is 48.5 Å². The molecule has 0 spiro atoms. The molecule has 0 radical (unpaired) electrons. The van der Waals surface area contributed by atoms with Gasteiger partial charge in [-0.25, -0.2) is 5.48 Å². The van der Waals surface area contributed by atoms with Gasteiger partial charge in [-0.3, -0.25) is 19.7 Å². The van der Waals surface area contributed by atoms with Gasteiger partial charge in [-0.15, -0.1) is 0 Å². The van der Waals surface area contributed by atoms with Gasteiger partial charge in [0.05, 0.1) is 13.2 Å². The fourth-order valence-corrected chi connectivity index (χ4v) is 4.54. The third-order valence-corrected chi connectivity index (χ3v) is 6.51. The van der Waals surface area contributed by atoms with Crippen molar-refractivity contribution in [3.8, 4) is 11.8 Å². The van der Waals surface area contributed by atoms with E-state index in [1.54, 1.807) is 29.7 Å². The van der Waals surface area contributed by atoms with E-state index in [1.165, 1.54) is 5.56 Å². The molecule has 7 heteroatoms. The highest BCUT2D eigenvalue weighted by molar-refractivity contribution is 5.97. The van der Waals surface area contributed by atoms with Crippen molar-refractivity contribution in [3.63, 3.8) is 0 Å². The van der Waals surface area contributed by atoms with Gasteiger partial charge in [0.2, 0.25) is 0 Å². The lowest BCUT2D eigenvalue weighted by atomic mass is 9.97. The molecule has 3 N–H and O–H groups in total. The standard InChI is InChI=1S/C27H31N3O4/c31-26(28-25(27(32)29-33)23-3-1-2-4-23)24-13-11-21(12-14-24)6-5-20-7-9-22(10-8-20)19-30-15-17-34-18-16-30/h7-14,23,25,33H,1-4,15-19H2,(H,28,31)(H,29,32)/t25-/m0/s1. The molecule has 4 rings (SSSR count). The molecule has 1 saturated heterocycles. The minimum atomic E-state index is -0.731. The molecule has 0 bridgehead atoms. The molecule has 34 heavy (non-hydrogen) atoms. The Hall–Kier alpha value is -3.18. The summed E-state index contributed by atoms with van der Waals surface area (Å²) < 4.78 is 5.40. The average molecular weight is 462 g/mol. The fourth-order valence-electron chi connectivity index (χ4n) is 4.54. The highest BCUT2D eigenvalue weighted by Crippen LogP contribution is 2.28. The summed E-state index contributed by atoms with van der Waals surface area (Å²) in [6.45, 7) is 4.44. The summed E-state index contributed by atoms with van der Waals surface area (Å²) in [5.41, 5.74) is 5.13. The highest BCUT2D eigenvalue weighted by atomic mass is 16.5. The zero-order valence-corrected chi connectivity index (χ0v) is 19.3. The van der Waals surface area contributed by atoms with Gasteiger partial charge in [0.25, 0.3) is 11.8 Å². The lowest BCUT2D eigenvalue weighted by molar-refractivity contribution is -0.132. The molecule has 1 aliphatic carbocycles. The van der Waals surface area contributed by atoms with Crippen LogP contribution in [-0.2, 0) is 16.1 Å². The van der Waals surface area contributed by atoms with E-state index in [-0.39, 0.29) is 11.8 Å². The molecule has 1 saturated carbocycles. The molecule has 1 atom stereocenters. The Bertz CT molecular complexity index is 1030. The van der Waals surface area contributed by atoms with Gasteiger partial charge >= 0.3 is 0 Å². The topological polar surface area (TPSA) is 90.9 Å². The summed E-state index contributed by atoms with van der Waals surface area (Å²) in [7, 11) is 0. The molecule has 0 unspecified atom stereocenters. The number of morpholine rings is 1. The molecule has 178 valence electrons. The summed E-state index contributed by atoms with van der Waals surface area (Å²) in [6, 6.07) is 14.5. The van der Waals surface area contributed by atoms with Gasteiger partial charge < -0.3 is 10.1 Å². The summed E-state index contributed by atoms with van der Waals surface area (Å²) >= 11 is 0. The first-order valence-corrected chi connectivity index (χ1v) is 11.9. The SMILES string of the molecule is O=C(N[C@H](C(=O)NO)C1CCCC1)c1ccc(C#Cc2ccc(CN3CCOCC3)cc2)cc1. The Morgan fingerprint density at radius 3 is 2.15 bits per heavy atom.